The minimum absolute atomic E-state index is 0.0393. The Morgan fingerprint density at radius 2 is 0.710 bits per heavy atom. The Morgan fingerprint density at radius 1 is 0.393 bits per heavy atom. The number of fused-ring (bicyclic) bond motifs is 2. The molecule has 4 N–H and O–H groups in total. The van der Waals surface area contributed by atoms with Crippen LogP contribution in [0.25, 0.3) is 33.8 Å². The Morgan fingerprint density at radius 3 is 1.03 bits per heavy atom. The summed E-state index contributed by atoms with van der Waals surface area (Å²) in [5, 5.41) is 29.5. The SMILES string of the molecule is CC(C)COC(=O)Cl.CC1=C(C)C(=O)C(C(C)(C)CC(=O)N(C)CCN(CCOCCOCCOCCC(=O)O)C(=O)Oc2c(Cc3ccccc3)nc3c(Cc4ccccc4)nc(-c4ccccc4)cn23)=C(C)C1=O.CC1=C(C)C(=O)C(C(C)(C)CC(=O)O)=C(C)C1=O.CNCCN(CCOCCOCCOCCC(=O)O)C(=O)Oc1c(Cc2ccccc2)nc2c(Cc3ccccc3)nc(-c3ccccc3)cn12. The Hall–Kier alpha value is -13.9. The van der Waals surface area contributed by atoms with Crippen LogP contribution in [0.2, 0.25) is 0 Å². The van der Waals surface area contributed by atoms with E-state index in [-0.39, 0.29) is 133 Å². The van der Waals surface area contributed by atoms with Crippen LogP contribution in [0.4, 0.5) is 14.4 Å². The van der Waals surface area contributed by atoms with Gasteiger partial charge in [0.15, 0.2) is 34.4 Å². The highest BCUT2D eigenvalue weighted by molar-refractivity contribution is 6.61. The lowest BCUT2D eigenvalue weighted by molar-refractivity contribution is -0.139. The maximum atomic E-state index is 14.6. The molecule has 0 radical (unpaired) electrons. The van der Waals surface area contributed by atoms with Gasteiger partial charge in [0.25, 0.3) is 0 Å². The second kappa shape index (κ2) is 57.6. The second-order valence-corrected chi connectivity index (χ2v) is 36.8. The number of nitrogens with one attached hydrogen (secondary N) is 1. The first-order valence-electron chi connectivity index (χ1n) is 48.2. The van der Waals surface area contributed by atoms with Gasteiger partial charge in [-0.1, -0.05) is 224 Å². The fourth-order valence-corrected chi connectivity index (χ4v) is 16.1. The largest absolute Gasteiger partial charge is 0.481 e. The highest BCUT2D eigenvalue weighted by atomic mass is 35.5. The number of imidazole rings is 2. The van der Waals surface area contributed by atoms with Gasteiger partial charge in [-0.2, -0.15) is 0 Å². The van der Waals surface area contributed by atoms with Crippen LogP contribution in [0.15, 0.2) is 239 Å². The first kappa shape index (κ1) is 115. The van der Waals surface area contributed by atoms with Crippen LogP contribution in [0, 0.1) is 16.7 Å². The van der Waals surface area contributed by atoms with Crippen LogP contribution in [0.3, 0.4) is 0 Å². The summed E-state index contributed by atoms with van der Waals surface area (Å²) in [6.45, 7) is 25.4. The van der Waals surface area contributed by atoms with E-state index in [1.807, 2.05) is 208 Å². The molecular weight excluding hydrogens is 1880 g/mol. The van der Waals surface area contributed by atoms with E-state index >= 15 is 0 Å². The lowest BCUT2D eigenvalue weighted by Crippen LogP contribution is -2.43. The highest BCUT2D eigenvalue weighted by Crippen LogP contribution is 2.42. The average molecular weight is 2010 g/mol. The molecule has 33 nitrogen and oxygen atoms in total. The van der Waals surface area contributed by atoms with Gasteiger partial charge in [-0.15, -0.1) is 0 Å². The third-order valence-corrected chi connectivity index (χ3v) is 24.0. The molecule has 772 valence electrons. The van der Waals surface area contributed by atoms with Crippen molar-refractivity contribution in [2.75, 3.05) is 139 Å². The molecule has 4 aromatic heterocycles. The third kappa shape index (κ3) is 35.2. The van der Waals surface area contributed by atoms with E-state index in [0.717, 1.165) is 44.8 Å². The van der Waals surface area contributed by atoms with Crippen molar-refractivity contribution in [1.29, 1.82) is 0 Å². The van der Waals surface area contributed by atoms with Crippen LogP contribution < -0.4 is 14.8 Å². The number of amides is 3. The Labute approximate surface area is 850 Å². The van der Waals surface area contributed by atoms with Crippen molar-refractivity contribution in [2.45, 2.75) is 134 Å². The van der Waals surface area contributed by atoms with Crippen LogP contribution in [0.5, 0.6) is 11.8 Å². The van der Waals surface area contributed by atoms with Crippen molar-refractivity contribution >= 4 is 87.5 Å². The number of aromatic nitrogens is 6. The number of rotatable bonds is 50. The lowest BCUT2D eigenvalue weighted by Gasteiger charge is -2.33. The Kier molecular flexibility index (Phi) is 45.5. The molecule has 0 saturated carbocycles. The van der Waals surface area contributed by atoms with Gasteiger partial charge >= 0.3 is 35.5 Å². The number of ether oxygens (including phenoxy) is 9. The van der Waals surface area contributed by atoms with Crippen LogP contribution in [-0.4, -0.2) is 263 Å². The van der Waals surface area contributed by atoms with Gasteiger partial charge in [-0.3, -0.25) is 47.2 Å². The molecule has 0 aliphatic heterocycles. The van der Waals surface area contributed by atoms with E-state index in [1.165, 1.54) is 9.80 Å². The number of likely N-dealkylation sites (N-methyl/N-ethyl adjacent to an activating group) is 2. The molecule has 0 unspecified atom stereocenters. The number of carboxylic acids is 3. The van der Waals surface area contributed by atoms with Gasteiger partial charge in [0.1, 0.15) is 11.4 Å². The van der Waals surface area contributed by atoms with Crippen LogP contribution in [0.1, 0.15) is 154 Å². The minimum Gasteiger partial charge on any atom is -0.481 e. The monoisotopic (exact) mass is 2010 g/mol. The first-order valence-corrected chi connectivity index (χ1v) is 48.6. The van der Waals surface area contributed by atoms with E-state index in [1.54, 1.807) is 85.6 Å². The molecule has 0 bridgehead atoms. The number of Topliss-reactive ketones (excluding diaryl/α,β-unsaturated/α-hetero) is 4. The van der Waals surface area contributed by atoms with E-state index in [9.17, 15) is 52.7 Å². The summed E-state index contributed by atoms with van der Waals surface area (Å²) in [5.74, 6) is -2.96. The second-order valence-electron chi connectivity index (χ2n) is 36.5. The third-order valence-electron chi connectivity index (χ3n) is 23.9. The molecule has 0 fully saturated rings. The summed E-state index contributed by atoms with van der Waals surface area (Å²) in [5.41, 5.74) is 11.7. The van der Waals surface area contributed by atoms with Gasteiger partial charge in [0.05, 0.1) is 128 Å². The summed E-state index contributed by atoms with van der Waals surface area (Å²) in [7, 11) is 3.47. The standard InChI is InChI=1S/C53H61N5O10.C39H45N5O7.C14H18O4.C5H9ClO2/c1-36-37(2)49(63)47(38(3)48(36)62)53(4,5)34-45(59)56(6)23-24-57(25-27-66-29-31-67-30-28-65-26-22-46(60)61)52(64)68-51-43(33-40-18-12-8-13-19-40)55-50-42(32-39-16-10-7-11-17-39)54-44(35-58(50)51)41-20-14-9-15-21-41;1-40-18-19-43(20-22-49-24-26-50-25-23-48-21-17-36(45)46)39(47)51-38-34(28-31-13-7-3-8-14-31)42-37-33(27-30-11-5-2-6-12-30)41-35(29-44(37)38)32-15-9-4-10-16-32;1-7-8(2)13(18)11(9(3)12(7)17)14(4,5)6-10(15)16;1-4(2)3-8-5(6)7/h7-21,35H,22-34H2,1-6H3,(H,60,61);2-16,29,40H,17-28H2,1H3,(H,45,46);6H2,1-5H3,(H,15,16);4H,3H2,1-2H3. The molecule has 34 heteroatoms. The van der Waals surface area contributed by atoms with Gasteiger partial charge in [0, 0.05) is 169 Å². The number of carboxylic acid groups (broad SMARTS) is 3. The molecule has 6 aromatic carbocycles. The van der Waals surface area contributed by atoms with E-state index in [4.69, 9.17) is 84.8 Å². The quantitative estimate of drug-likeness (QED) is 0.0156. The number of hydrogen-bond acceptors (Lipinski definition) is 25. The minimum atomic E-state index is -0.982. The lowest BCUT2D eigenvalue weighted by atomic mass is 9.71. The number of carbonyl (C=O) groups excluding carboxylic acids is 8. The zero-order valence-corrected chi connectivity index (χ0v) is 85.8. The van der Waals surface area contributed by atoms with Gasteiger partial charge < -0.3 is 78.0 Å². The number of nitrogens with zero attached hydrogens (tertiary/aromatic N) is 9. The summed E-state index contributed by atoms with van der Waals surface area (Å²) in [6.07, 6.45) is 4.01. The van der Waals surface area contributed by atoms with E-state index in [2.05, 4.69) is 22.2 Å². The van der Waals surface area contributed by atoms with Crippen LogP contribution in [-0.2, 0) is 97.2 Å². The molecule has 12 rings (SSSR count). The zero-order chi connectivity index (χ0) is 105. The fraction of sp³-hybridized carbons (Fsp3) is 0.396. The zero-order valence-electron chi connectivity index (χ0n) is 85.1. The predicted octanol–water partition coefficient (Wildman–Crippen LogP) is 17.0. The van der Waals surface area contributed by atoms with Crippen molar-refractivity contribution in [3.8, 4) is 34.3 Å². The molecular formula is C111H133ClN10O23. The summed E-state index contributed by atoms with van der Waals surface area (Å²) < 4.78 is 54.0. The topological polar surface area (TPSA) is 414 Å². The maximum Gasteiger partial charge on any atom is 0.416 e. The van der Waals surface area contributed by atoms with E-state index in [0.29, 0.717) is 169 Å². The van der Waals surface area contributed by atoms with Crippen molar-refractivity contribution < 1.29 is 111 Å². The molecule has 2 aliphatic carbocycles. The summed E-state index contributed by atoms with van der Waals surface area (Å²) in [4.78, 5) is 160. The molecule has 3 amide bonds. The van der Waals surface area contributed by atoms with Gasteiger partial charge in [0.2, 0.25) is 17.7 Å². The maximum absolute atomic E-state index is 14.6. The molecule has 4 heterocycles. The molecule has 0 atom stereocenters. The summed E-state index contributed by atoms with van der Waals surface area (Å²) >= 11 is 4.86. The molecule has 145 heavy (non-hydrogen) atoms. The Bertz CT molecular complexity index is 6200. The highest BCUT2D eigenvalue weighted by Gasteiger charge is 2.41. The Balaban J connectivity index is 0.000000264. The number of aliphatic carboxylic acids is 3. The number of carbonyl (C=O) groups is 11. The smallest absolute Gasteiger partial charge is 0.416 e. The number of hydrogen-bond donors (Lipinski definition) is 4. The molecule has 2 aliphatic rings. The molecule has 0 saturated heterocycles. The predicted molar refractivity (Wildman–Crippen MR) is 549 cm³/mol. The van der Waals surface area contributed by atoms with Gasteiger partial charge in [-0.25, -0.2) is 34.3 Å². The van der Waals surface area contributed by atoms with Gasteiger partial charge in [-0.05, 0) is 76.8 Å². The van der Waals surface area contributed by atoms with Crippen molar-refractivity contribution in [2.24, 2.45) is 16.7 Å². The molecule has 0 spiro atoms. The number of benzene rings is 6. The first-order chi connectivity index (χ1) is 69.4. The molecule has 10 aromatic rings. The summed E-state index contributed by atoms with van der Waals surface area (Å²) in [6, 6.07) is 59.6. The number of halogens is 1. The normalized spacial score (nSPS) is 12.8. The average Bonchev–Trinajstić information content (AvgIpc) is 1.59. The van der Waals surface area contributed by atoms with Crippen molar-refractivity contribution in [3.05, 3.63) is 284 Å². The number of allylic oxidation sites excluding steroid dienone is 8. The van der Waals surface area contributed by atoms with Crippen molar-refractivity contribution in [3.63, 3.8) is 0 Å². The number of ketones is 4. The van der Waals surface area contributed by atoms with Crippen LogP contribution >= 0.6 is 11.6 Å². The van der Waals surface area contributed by atoms with E-state index < -0.39 is 46.4 Å². The fourth-order valence-electron chi connectivity index (χ4n) is 16.0. The van der Waals surface area contributed by atoms with Crippen molar-refractivity contribution in [1.82, 2.24) is 48.8 Å².